The van der Waals surface area contributed by atoms with Crippen LogP contribution in [0.3, 0.4) is 0 Å². The Balaban J connectivity index is 0.000000301. The number of rotatable bonds is 4. The second-order valence-corrected chi connectivity index (χ2v) is 6.65. The molecule has 3 aromatic heterocycles. The molecule has 15 heteroatoms. The van der Waals surface area contributed by atoms with Crippen LogP contribution < -0.4 is 4.90 Å². The largest absolute Gasteiger partial charge is 0.473 e. The van der Waals surface area contributed by atoms with Crippen molar-refractivity contribution in [2.75, 3.05) is 31.1 Å². The van der Waals surface area contributed by atoms with Gasteiger partial charge in [-0.2, -0.15) is 0 Å². The number of nitrogens with zero attached hydrogens (tertiary/aromatic N) is 5. The van der Waals surface area contributed by atoms with Gasteiger partial charge in [0.2, 0.25) is 5.89 Å². The SMILES string of the molecule is O=C(O)C(=O)O.O=C(O)C(=O)O.c1ccc(N2CCN(Cc3nnc(-c4ccco4)o3)CC2)nc1. The molecule has 1 saturated heterocycles. The third-order valence-corrected chi connectivity index (χ3v) is 4.27. The number of carboxylic acids is 4. The number of piperazine rings is 1. The standard InChI is InChI=1S/C16H17N5O2.2C2H2O4/c1-2-6-17-14(5-1)21-9-7-20(8-10-21)12-15-18-19-16(23-15)13-4-3-11-22-13;2*3-1(4)2(5)6/h1-6,11H,7-10,12H2;2*(H,3,4)(H,5,6). The minimum absolute atomic E-state index is 0.428. The predicted octanol–water partition coefficient (Wildman–Crippen LogP) is 0.358. The Morgan fingerprint density at radius 2 is 1.46 bits per heavy atom. The molecule has 4 rings (SSSR count). The van der Waals surface area contributed by atoms with Gasteiger partial charge in [0.15, 0.2) is 5.76 Å². The third kappa shape index (κ3) is 8.93. The van der Waals surface area contributed by atoms with Crippen molar-refractivity contribution in [3.8, 4) is 11.7 Å². The molecule has 1 aliphatic rings. The second-order valence-electron chi connectivity index (χ2n) is 6.65. The molecule has 0 atom stereocenters. The topological polar surface area (TPSA) is 221 Å². The molecule has 4 N–H and O–H groups in total. The highest BCUT2D eigenvalue weighted by atomic mass is 16.4. The van der Waals surface area contributed by atoms with Crippen LogP contribution in [0.1, 0.15) is 5.89 Å². The fourth-order valence-corrected chi connectivity index (χ4v) is 2.68. The van der Waals surface area contributed by atoms with Crippen molar-refractivity contribution in [1.29, 1.82) is 0 Å². The lowest BCUT2D eigenvalue weighted by atomic mass is 10.3. The monoisotopic (exact) mass is 491 g/mol. The van der Waals surface area contributed by atoms with Crippen molar-refractivity contribution in [2.24, 2.45) is 0 Å². The second kappa shape index (κ2) is 13.0. The molecule has 186 valence electrons. The van der Waals surface area contributed by atoms with E-state index in [1.54, 1.807) is 12.3 Å². The van der Waals surface area contributed by atoms with Gasteiger partial charge in [-0.15, -0.1) is 10.2 Å². The molecule has 0 aromatic carbocycles. The van der Waals surface area contributed by atoms with Gasteiger partial charge in [-0.05, 0) is 24.3 Å². The van der Waals surface area contributed by atoms with E-state index in [1.807, 2.05) is 30.5 Å². The molecule has 0 saturated carbocycles. The van der Waals surface area contributed by atoms with E-state index < -0.39 is 23.9 Å². The molecular weight excluding hydrogens is 470 g/mol. The van der Waals surface area contributed by atoms with Gasteiger partial charge >= 0.3 is 23.9 Å². The molecule has 15 nitrogen and oxygen atoms in total. The third-order valence-electron chi connectivity index (χ3n) is 4.27. The first kappa shape index (κ1) is 26.5. The van der Waals surface area contributed by atoms with Gasteiger partial charge in [0.05, 0.1) is 12.8 Å². The first-order valence-corrected chi connectivity index (χ1v) is 9.84. The smallest absolute Gasteiger partial charge is 0.414 e. The molecule has 0 unspecified atom stereocenters. The van der Waals surface area contributed by atoms with E-state index >= 15 is 0 Å². The van der Waals surface area contributed by atoms with Crippen LogP contribution in [-0.4, -0.2) is 90.6 Å². The maximum absolute atomic E-state index is 9.10. The first-order chi connectivity index (χ1) is 16.7. The van der Waals surface area contributed by atoms with Crippen LogP contribution in [0.2, 0.25) is 0 Å². The minimum atomic E-state index is -1.82. The number of furan rings is 1. The van der Waals surface area contributed by atoms with E-state index in [4.69, 9.17) is 48.4 Å². The van der Waals surface area contributed by atoms with E-state index in [0.29, 0.717) is 24.1 Å². The Morgan fingerprint density at radius 1 is 0.829 bits per heavy atom. The predicted molar refractivity (Wildman–Crippen MR) is 114 cm³/mol. The lowest BCUT2D eigenvalue weighted by molar-refractivity contribution is -0.159. The number of carboxylic acid groups (broad SMARTS) is 4. The summed E-state index contributed by atoms with van der Waals surface area (Å²) in [7, 11) is 0. The van der Waals surface area contributed by atoms with Crippen molar-refractivity contribution in [2.45, 2.75) is 6.54 Å². The lowest BCUT2D eigenvalue weighted by Crippen LogP contribution is -2.46. The van der Waals surface area contributed by atoms with Crippen molar-refractivity contribution < 1.29 is 48.4 Å². The molecule has 0 spiro atoms. The van der Waals surface area contributed by atoms with E-state index in [1.165, 1.54) is 0 Å². The normalized spacial score (nSPS) is 13.0. The molecule has 0 radical (unpaired) electrons. The molecule has 0 aliphatic carbocycles. The zero-order chi connectivity index (χ0) is 25.8. The quantitative estimate of drug-likeness (QED) is 0.362. The molecule has 0 bridgehead atoms. The number of carbonyl (C=O) groups is 4. The highest BCUT2D eigenvalue weighted by molar-refractivity contribution is 6.27. The Hall–Kier alpha value is -4.79. The van der Waals surface area contributed by atoms with E-state index in [2.05, 4.69) is 25.0 Å². The van der Waals surface area contributed by atoms with Crippen LogP contribution in [0.15, 0.2) is 51.6 Å². The average Bonchev–Trinajstić information content (AvgIpc) is 3.53. The van der Waals surface area contributed by atoms with Crippen molar-refractivity contribution in [1.82, 2.24) is 20.1 Å². The van der Waals surface area contributed by atoms with Gasteiger partial charge in [0.1, 0.15) is 5.82 Å². The lowest BCUT2D eigenvalue weighted by Gasteiger charge is -2.34. The molecule has 3 aromatic rings. The maximum Gasteiger partial charge on any atom is 0.414 e. The van der Waals surface area contributed by atoms with Gasteiger partial charge < -0.3 is 34.2 Å². The summed E-state index contributed by atoms with van der Waals surface area (Å²) in [6, 6.07) is 9.61. The van der Waals surface area contributed by atoms with Crippen LogP contribution in [0, 0.1) is 0 Å². The molecule has 4 heterocycles. The highest BCUT2D eigenvalue weighted by Crippen LogP contribution is 2.19. The van der Waals surface area contributed by atoms with Crippen molar-refractivity contribution in [3.05, 3.63) is 48.7 Å². The molecule has 1 aliphatic heterocycles. The number of hydrogen-bond donors (Lipinski definition) is 4. The van der Waals surface area contributed by atoms with Crippen LogP contribution in [0.4, 0.5) is 5.82 Å². The minimum Gasteiger partial charge on any atom is -0.473 e. The Bertz CT molecular complexity index is 1060. The number of aliphatic carboxylic acids is 4. The average molecular weight is 491 g/mol. The summed E-state index contributed by atoms with van der Waals surface area (Å²) < 4.78 is 10.9. The summed E-state index contributed by atoms with van der Waals surface area (Å²) >= 11 is 0. The number of pyridine rings is 1. The van der Waals surface area contributed by atoms with Gasteiger partial charge in [0.25, 0.3) is 5.89 Å². The Morgan fingerprint density at radius 3 is 1.94 bits per heavy atom. The number of aromatic nitrogens is 3. The van der Waals surface area contributed by atoms with Crippen LogP contribution in [0.5, 0.6) is 0 Å². The molecule has 35 heavy (non-hydrogen) atoms. The summed E-state index contributed by atoms with van der Waals surface area (Å²) in [5, 5.41) is 37.7. The van der Waals surface area contributed by atoms with Crippen molar-refractivity contribution >= 4 is 29.7 Å². The van der Waals surface area contributed by atoms with Crippen LogP contribution in [0.25, 0.3) is 11.7 Å². The van der Waals surface area contributed by atoms with E-state index in [9.17, 15) is 0 Å². The van der Waals surface area contributed by atoms with Crippen LogP contribution >= 0.6 is 0 Å². The fraction of sp³-hybridized carbons (Fsp3) is 0.250. The Labute approximate surface area is 196 Å². The van der Waals surface area contributed by atoms with E-state index in [-0.39, 0.29) is 0 Å². The Kier molecular flexibility index (Phi) is 9.86. The molecular formula is C20H21N5O10. The maximum atomic E-state index is 9.10. The number of anilines is 1. The first-order valence-electron chi connectivity index (χ1n) is 9.84. The zero-order valence-electron chi connectivity index (χ0n) is 18.1. The van der Waals surface area contributed by atoms with Gasteiger partial charge in [-0.1, -0.05) is 6.07 Å². The van der Waals surface area contributed by atoms with Gasteiger partial charge in [-0.25, -0.2) is 24.2 Å². The zero-order valence-corrected chi connectivity index (χ0v) is 18.1. The summed E-state index contributed by atoms with van der Waals surface area (Å²) in [6.07, 6.45) is 3.42. The highest BCUT2D eigenvalue weighted by Gasteiger charge is 2.20. The molecule has 0 amide bonds. The summed E-state index contributed by atoms with van der Waals surface area (Å²) in [5.74, 6) is -4.62. The summed E-state index contributed by atoms with van der Waals surface area (Å²) in [6.45, 7) is 4.42. The van der Waals surface area contributed by atoms with Gasteiger partial charge in [-0.3, -0.25) is 4.90 Å². The van der Waals surface area contributed by atoms with Crippen molar-refractivity contribution in [3.63, 3.8) is 0 Å². The van der Waals surface area contributed by atoms with Crippen LogP contribution in [-0.2, 0) is 25.7 Å². The fourth-order valence-electron chi connectivity index (χ4n) is 2.68. The summed E-state index contributed by atoms with van der Waals surface area (Å²) in [5.41, 5.74) is 0. The van der Waals surface area contributed by atoms with Gasteiger partial charge in [0, 0.05) is 32.4 Å². The number of hydrogen-bond acceptors (Lipinski definition) is 11. The summed E-state index contributed by atoms with van der Waals surface area (Å²) in [4.78, 5) is 45.4. The van der Waals surface area contributed by atoms with E-state index in [0.717, 1.165) is 32.0 Å². The molecule has 1 fully saturated rings.